The number of rotatable bonds is 4. The number of hydrogen-bond acceptors (Lipinski definition) is 3. The fourth-order valence-corrected chi connectivity index (χ4v) is 3.44. The number of anilines is 1. The summed E-state index contributed by atoms with van der Waals surface area (Å²) < 4.78 is 40.1. The monoisotopic (exact) mass is 328 g/mol. The molecule has 0 fully saturated rings. The van der Waals surface area contributed by atoms with Crippen molar-refractivity contribution >= 4 is 27.3 Å². The van der Waals surface area contributed by atoms with E-state index in [-0.39, 0.29) is 10.6 Å². The van der Waals surface area contributed by atoms with Crippen LogP contribution in [0.5, 0.6) is 0 Å². The molecule has 2 aromatic rings. The first-order chi connectivity index (χ1) is 9.81. The van der Waals surface area contributed by atoms with Crippen molar-refractivity contribution in [3.63, 3.8) is 0 Å². The number of sulfonamides is 1. The number of nitrogen functional groups attached to an aromatic ring is 1. The number of halogens is 2. The van der Waals surface area contributed by atoms with Gasteiger partial charge in [-0.15, -0.1) is 0 Å². The summed E-state index contributed by atoms with van der Waals surface area (Å²) in [5.41, 5.74) is 5.83. The van der Waals surface area contributed by atoms with Crippen LogP contribution < -0.4 is 10.5 Å². The van der Waals surface area contributed by atoms with Gasteiger partial charge in [-0.25, -0.2) is 17.5 Å². The van der Waals surface area contributed by atoms with Crippen molar-refractivity contribution in [3.8, 4) is 0 Å². The maximum atomic E-state index is 13.1. The van der Waals surface area contributed by atoms with Crippen LogP contribution in [0.2, 0.25) is 5.02 Å². The van der Waals surface area contributed by atoms with Crippen LogP contribution in [0.1, 0.15) is 18.5 Å². The van der Waals surface area contributed by atoms with E-state index >= 15 is 0 Å². The molecule has 7 heteroatoms. The third-order valence-electron chi connectivity index (χ3n) is 2.98. The van der Waals surface area contributed by atoms with Crippen LogP contribution in [-0.2, 0) is 10.0 Å². The van der Waals surface area contributed by atoms with Crippen molar-refractivity contribution in [1.29, 1.82) is 0 Å². The topological polar surface area (TPSA) is 72.2 Å². The van der Waals surface area contributed by atoms with Crippen LogP contribution >= 0.6 is 11.6 Å². The SMILES string of the molecule is CC(NS(=O)(=O)c1ccc(F)c(N)c1)c1ccccc1Cl. The quantitative estimate of drug-likeness (QED) is 0.847. The summed E-state index contributed by atoms with van der Waals surface area (Å²) in [6, 6.07) is 9.66. The highest BCUT2D eigenvalue weighted by atomic mass is 35.5. The number of benzene rings is 2. The predicted octanol–water partition coefficient (Wildman–Crippen LogP) is 3.10. The van der Waals surface area contributed by atoms with Gasteiger partial charge in [0.05, 0.1) is 10.6 Å². The normalized spacial score (nSPS) is 13.1. The smallest absolute Gasteiger partial charge is 0.241 e. The molecule has 0 spiro atoms. The van der Waals surface area contributed by atoms with E-state index in [2.05, 4.69) is 4.72 Å². The Kier molecular flexibility index (Phi) is 4.51. The second kappa shape index (κ2) is 6.01. The molecule has 2 rings (SSSR count). The third-order valence-corrected chi connectivity index (χ3v) is 4.86. The minimum atomic E-state index is -3.82. The molecule has 0 aliphatic rings. The van der Waals surface area contributed by atoms with Crippen molar-refractivity contribution in [2.45, 2.75) is 17.9 Å². The first-order valence-corrected chi connectivity index (χ1v) is 7.99. The highest BCUT2D eigenvalue weighted by molar-refractivity contribution is 7.89. The minimum absolute atomic E-state index is 0.0969. The van der Waals surface area contributed by atoms with Crippen LogP contribution in [0.25, 0.3) is 0 Å². The fraction of sp³-hybridized carbons (Fsp3) is 0.143. The van der Waals surface area contributed by atoms with Crippen molar-refractivity contribution in [2.75, 3.05) is 5.73 Å². The largest absolute Gasteiger partial charge is 0.396 e. The van der Waals surface area contributed by atoms with Crippen molar-refractivity contribution in [2.24, 2.45) is 0 Å². The lowest BCUT2D eigenvalue weighted by molar-refractivity contribution is 0.566. The molecule has 2 aromatic carbocycles. The van der Waals surface area contributed by atoms with Gasteiger partial charge in [0, 0.05) is 11.1 Å². The van der Waals surface area contributed by atoms with Gasteiger partial charge in [-0.2, -0.15) is 0 Å². The zero-order valence-corrected chi connectivity index (χ0v) is 12.7. The van der Waals surface area contributed by atoms with Crippen LogP contribution in [0.3, 0.4) is 0 Å². The van der Waals surface area contributed by atoms with Gasteiger partial charge in [0.15, 0.2) is 0 Å². The van der Waals surface area contributed by atoms with E-state index in [1.807, 2.05) is 0 Å². The van der Waals surface area contributed by atoms with E-state index < -0.39 is 21.9 Å². The van der Waals surface area contributed by atoms with Crippen LogP contribution in [0.4, 0.5) is 10.1 Å². The van der Waals surface area contributed by atoms with Crippen molar-refractivity contribution in [3.05, 3.63) is 58.9 Å². The van der Waals surface area contributed by atoms with Crippen LogP contribution in [-0.4, -0.2) is 8.42 Å². The van der Waals surface area contributed by atoms with Gasteiger partial charge in [-0.05, 0) is 36.8 Å². The maximum Gasteiger partial charge on any atom is 0.241 e. The Balaban J connectivity index is 2.29. The predicted molar refractivity (Wildman–Crippen MR) is 81.0 cm³/mol. The standard InChI is InChI=1S/C14H14ClFN2O2S/c1-9(11-4-2-3-5-12(11)15)18-21(19,20)10-6-7-13(16)14(17)8-10/h2-9,18H,17H2,1H3. The summed E-state index contributed by atoms with van der Waals surface area (Å²) in [6.45, 7) is 1.67. The highest BCUT2D eigenvalue weighted by Crippen LogP contribution is 2.24. The first kappa shape index (κ1) is 15.8. The van der Waals surface area contributed by atoms with E-state index in [1.54, 1.807) is 31.2 Å². The molecule has 0 saturated carbocycles. The van der Waals surface area contributed by atoms with Gasteiger partial charge in [0.2, 0.25) is 10.0 Å². The van der Waals surface area contributed by atoms with Gasteiger partial charge >= 0.3 is 0 Å². The number of nitrogens with one attached hydrogen (secondary N) is 1. The molecule has 1 atom stereocenters. The lowest BCUT2D eigenvalue weighted by Crippen LogP contribution is -2.27. The second-order valence-electron chi connectivity index (χ2n) is 4.55. The van der Waals surface area contributed by atoms with Gasteiger partial charge in [0.25, 0.3) is 0 Å². The molecular weight excluding hydrogens is 315 g/mol. The molecule has 3 N–H and O–H groups in total. The zero-order chi connectivity index (χ0) is 15.6. The van der Waals surface area contributed by atoms with E-state index in [1.165, 1.54) is 0 Å². The van der Waals surface area contributed by atoms with Gasteiger partial charge < -0.3 is 5.73 Å². The second-order valence-corrected chi connectivity index (χ2v) is 6.67. The van der Waals surface area contributed by atoms with E-state index in [9.17, 15) is 12.8 Å². The van der Waals surface area contributed by atoms with Gasteiger partial charge in [-0.3, -0.25) is 0 Å². The lowest BCUT2D eigenvalue weighted by atomic mass is 10.1. The minimum Gasteiger partial charge on any atom is -0.396 e. The van der Waals surface area contributed by atoms with Gasteiger partial charge in [0.1, 0.15) is 5.82 Å². The van der Waals surface area contributed by atoms with Crippen molar-refractivity contribution in [1.82, 2.24) is 4.72 Å². The van der Waals surface area contributed by atoms with Gasteiger partial charge in [-0.1, -0.05) is 29.8 Å². The lowest BCUT2D eigenvalue weighted by Gasteiger charge is -2.16. The van der Waals surface area contributed by atoms with Crippen LogP contribution in [0, 0.1) is 5.82 Å². The Hall–Kier alpha value is -1.63. The highest BCUT2D eigenvalue weighted by Gasteiger charge is 2.20. The van der Waals surface area contributed by atoms with Crippen LogP contribution in [0.15, 0.2) is 47.4 Å². The molecule has 0 saturated heterocycles. The molecule has 4 nitrogen and oxygen atoms in total. The molecule has 0 heterocycles. The molecule has 112 valence electrons. The molecular formula is C14H14ClFN2O2S. The van der Waals surface area contributed by atoms with E-state index in [4.69, 9.17) is 17.3 Å². The summed E-state index contributed by atoms with van der Waals surface area (Å²) in [5, 5.41) is 0.464. The summed E-state index contributed by atoms with van der Waals surface area (Å²) in [6.07, 6.45) is 0. The zero-order valence-electron chi connectivity index (χ0n) is 11.2. The molecule has 21 heavy (non-hydrogen) atoms. The first-order valence-electron chi connectivity index (χ1n) is 6.13. The Morgan fingerprint density at radius 2 is 1.90 bits per heavy atom. The Bertz CT molecular complexity index is 765. The number of nitrogens with two attached hydrogens (primary N) is 1. The summed E-state index contributed by atoms with van der Waals surface area (Å²) in [4.78, 5) is -0.0969. The summed E-state index contributed by atoms with van der Waals surface area (Å²) in [5.74, 6) is -0.659. The Morgan fingerprint density at radius 3 is 2.52 bits per heavy atom. The van der Waals surface area contributed by atoms with Crippen molar-refractivity contribution < 1.29 is 12.8 Å². The molecule has 0 aromatic heterocycles. The summed E-state index contributed by atoms with van der Waals surface area (Å²) >= 11 is 6.04. The molecule has 0 bridgehead atoms. The Labute approximate surface area is 127 Å². The molecule has 0 amide bonds. The fourth-order valence-electron chi connectivity index (χ4n) is 1.88. The summed E-state index contributed by atoms with van der Waals surface area (Å²) in [7, 11) is -3.82. The molecule has 1 unspecified atom stereocenters. The maximum absolute atomic E-state index is 13.1. The molecule has 0 radical (unpaired) electrons. The average Bonchev–Trinajstić information content (AvgIpc) is 2.41. The molecule has 0 aliphatic heterocycles. The van der Waals surface area contributed by atoms with E-state index in [0.29, 0.717) is 10.6 Å². The third kappa shape index (κ3) is 3.53. The molecule has 0 aliphatic carbocycles. The van der Waals surface area contributed by atoms with E-state index in [0.717, 1.165) is 18.2 Å². The Morgan fingerprint density at radius 1 is 1.24 bits per heavy atom. The average molecular weight is 329 g/mol. The number of hydrogen-bond donors (Lipinski definition) is 2.